The summed E-state index contributed by atoms with van der Waals surface area (Å²) in [7, 11) is 0. The van der Waals surface area contributed by atoms with Crippen molar-refractivity contribution in [2.75, 3.05) is 6.54 Å². The monoisotopic (exact) mass is 230 g/mol. The van der Waals surface area contributed by atoms with E-state index in [0.717, 1.165) is 0 Å². The molecule has 1 aromatic carbocycles. The van der Waals surface area contributed by atoms with Crippen molar-refractivity contribution < 1.29 is 9.18 Å². The van der Waals surface area contributed by atoms with Crippen LogP contribution in [0.3, 0.4) is 0 Å². The fraction of sp³-hybridized carbons (Fsp3) is 0.300. The Kier molecular flexibility index (Phi) is 4.05. The van der Waals surface area contributed by atoms with Crippen LogP contribution in [-0.2, 0) is 0 Å². The molecule has 1 aromatic rings. The third kappa shape index (κ3) is 2.91. The van der Waals surface area contributed by atoms with Gasteiger partial charge in [0.25, 0.3) is 5.91 Å². The van der Waals surface area contributed by atoms with E-state index in [1.54, 1.807) is 6.92 Å². The van der Waals surface area contributed by atoms with Gasteiger partial charge in [-0.25, -0.2) is 4.39 Å². The van der Waals surface area contributed by atoms with Crippen molar-refractivity contribution in [3.05, 3.63) is 34.6 Å². The van der Waals surface area contributed by atoms with E-state index in [1.165, 1.54) is 18.2 Å². The van der Waals surface area contributed by atoms with Gasteiger partial charge in [-0.15, -0.1) is 0 Å². The number of benzene rings is 1. The molecule has 15 heavy (non-hydrogen) atoms. The first kappa shape index (κ1) is 11.9. The zero-order valence-corrected chi connectivity index (χ0v) is 9.01. The van der Waals surface area contributed by atoms with E-state index in [2.05, 4.69) is 5.32 Å². The average molecular weight is 231 g/mol. The van der Waals surface area contributed by atoms with Crippen LogP contribution in [0.15, 0.2) is 18.2 Å². The third-order valence-electron chi connectivity index (χ3n) is 1.93. The summed E-state index contributed by atoms with van der Waals surface area (Å²) in [5.74, 6) is -1.03. The van der Waals surface area contributed by atoms with E-state index >= 15 is 0 Å². The molecule has 0 aromatic heterocycles. The van der Waals surface area contributed by atoms with E-state index < -0.39 is 11.7 Å². The molecule has 1 atom stereocenters. The van der Waals surface area contributed by atoms with Crippen LogP contribution in [-0.4, -0.2) is 18.5 Å². The van der Waals surface area contributed by atoms with E-state index in [4.69, 9.17) is 17.3 Å². The Morgan fingerprint density at radius 3 is 2.93 bits per heavy atom. The highest BCUT2D eigenvalue weighted by molar-refractivity contribution is 6.34. The molecule has 0 saturated carbocycles. The minimum atomic E-state index is -0.607. The maximum atomic E-state index is 13.0. The normalized spacial score (nSPS) is 12.3. The number of amides is 1. The Morgan fingerprint density at radius 2 is 2.33 bits per heavy atom. The molecule has 3 nitrogen and oxygen atoms in total. The molecule has 0 radical (unpaired) electrons. The van der Waals surface area contributed by atoms with Gasteiger partial charge in [0, 0.05) is 12.6 Å². The number of rotatable bonds is 3. The van der Waals surface area contributed by atoms with Gasteiger partial charge in [0.15, 0.2) is 0 Å². The maximum absolute atomic E-state index is 13.0. The van der Waals surface area contributed by atoms with Gasteiger partial charge >= 0.3 is 0 Å². The first-order valence-corrected chi connectivity index (χ1v) is 4.89. The van der Waals surface area contributed by atoms with E-state index in [0.29, 0.717) is 6.54 Å². The van der Waals surface area contributed by atoms with Crippen molar-refractivity contribution in [1.82, 2.24) is 5.32 Å². The molecule has 0 bridgehead atoms. The second kappa shape index (κ2) is 5.09. The number of carbonyl (C=O) groups excluding carboxylic acids is 1. The Bertz CT molecular complexity index is 370. The molecule has 0 aliphatic carbocycles. The summed E-state index contributed by atoms with van der Waals surface area (Å²) < 4.78 is 13.0. The Balaban J connectivity index is 2.87. The molecule has 0 aliphatic heterocycles. The number of nitrogens with one attached hydrogen (secondary N) is 1. The van der Waals surface area contributed by atoms with E-state index in [9.17, 15) is 9.18 Å². The molecule has 0 fully saturated rings. The summed E-state index contributed by atoms with van der Waals surface area (Å²) in [5.41, 5.74) is 5.47. The van der Waals surface area contributed by atoms with Crippen LogP contribution in [0.1, 0.15) is 17.3 Å². The van der Waals surface area contributed by atoms with Crippen molar-refractivity contribution in [1.29, 1.82) is 0 Å². The summed E-state index contributed by atoms with van der Waals surface area (Å²) in [6.45, 7) is 2.07. The fourth-order valence-electron chi connectivity index (χ4n) is 1.04. The van der Waals surface area contributed by atoms with Crippen LogP contribution in [0, 0.1) is 5.82 Å². The van der Waals surface area contributed by atoms with Gasteiger partial charge in [-0.1, -0.05) is 17.7 Å². The van der Waals surface area contributed by atoms with Gasteiger partial charge in [-0.3, -0.25) is 4.79 Å². The van der Waals surface area contributed by atoms with Crippen LogP contribution in [0.2, 0.25) is 5.02 Å². The quantitative estimate of drug-likeness (QED) is 0.828. The summed E-state index contributed by atoms with van der Waals surface area (Å²) in [6.07, 6.45) is 0. The predicted octanol–water partition coefficient (Wildman–Crippen LogP) is 1.56. The largest absolute Gasteiger partial charge is 0.348 e. The predicted molar refractivity (Wildman–Crippen MR) is 57.4 cm³/mol. The van der Waals surface area contributed by atoms with Crippen LogP contribution in [0.4, 0.5) is 4.39 Å². The number of carbonyl (C=O) groups is 1. The lowest BCUT2D eigenvalue weighted by molar-refractivity contribution is 0.0941. The lowest BCUT2D eigenvalue weighted by Gasteiger charge is -2.12. The van der Waals surface area contributed by atoms with Crippen molar-refractivity contribution in [2.24, 2.45) is 5.73 Å². The molecule has 1 unspecified atom stereocenters. The zero-order chi connectivity index (χ0) is 11.4. The fourth-order valence-corrected chi connectivity index (χ4v) is 1.25. The second-order valence-corrected chi connectivity index (χ2v) is 3.59. The summed E-state index contributed by atoms with van der Waals surface area (Å²) in [6, 6.07) is 3.93. The minimum absolute atomic E-state index is 0.122. The summed E-state index contributed by atoms with van der Waals surface area (Å²) in [4.78, 5) is 11.6. The van der Waals surface area contributed by atoms with Gasteiger partial charge in [-0.2, -0.15) is 0 Å². The van der Waals surface area contributed by atoms with Gasteiger partial charge in [0.1, 0.15) is 5.82 Å². The average Bonchev–Trinajstić information content (AvgIpc) is 2.21. The molecular formula is C10H12ClFN2O. The molecular weight excluding hydrogens is 219 g/mol. The maximum Gasteiger partial charge on any atom is 0.253 e. The molecule has 0 heterocycles. The van der Waals surface area contributed by atoms with Gasteiger partial charge in [0.05, 0.1) is 10.6 Å². The Morgan fingerprint density at radius 1 is 1.67 bits per heavy atom. The van der Waals surface area contributed by atoms with Crippen molar-refractivity contribution in [3.8, 4) is 0 Å². The second-order valence-electron chi connectivity index (χ2n) is 3.21. The number of hydrogen-bond donors (Lipinski definition) is 2. The van der Waals surface area contributed by atoms with E-state index in [-0.39, 0.29) is 16.6 Å². The molecule has 82 valence electrons. The SMILES string of the molecule is CC(CN)NC(=O)c1cccc(F)c1Cl. The van der Waals surface area contributed by atoms with Crippen LogP contribution >= 0.6 is 11.6 Å². The Hall–Kier alpha value is -1.13. The number of halogens is 2. The molecule has 0 aliphatic rings. The lowest BCUT2D eigenvalue weighted by Crippen LogP contribution is -2.37. The van der Waals surface area contributed by atoms with Crippen molar-refractivity contribution >= 4 is 17.5 Å². The van der Waals surface area contributed by atoms with Crippen molar-refractivity contribution in [3.63, 3.8) is 0 Å². The van der Waals surface area contributed by atoms with Gasteiger partial charge < -0.3 is 11.1 Å². The first-order chi connectivity index (χ1) is 7.06. The molecule has 5 heteroatoms. The van der Waals surface area contributed by atoms with Crippen LogP contribution in [0.5, 0.6) is 0 Å². The smallest absolute Gasteiger partial charge is 0.253 e. The summed E-state index contributed by atoms with van der Waals surface area (Å²) >= 11 is 5.65. The standard InChI is InChI=1S/C10H12ClFN2O/c1-6(5-13)14-10(15)7-3-2-4-8(12)9(7)11/h2-4,6H,5,13H2,1H3,(H,14,15). The third-order valence-corrected chi connectivity index (χ3v) is 2.31. The van der Waals surface area contributed by atoms with Crippen LogP contribution in [0.25, 0.3) is 0 Å². The highest BCUT2D eigenvalue weighted by Crippen LogP contribution is 2.19. The molecule has 1 amide bonds. The first-order valence-electron chi connectivity index (χ1n) is 4.51. The number of hydrogen-bond acceptors (Lipinski definition) is 2. The van der Waals surface area contributed by atoms with E-state index in [1.807, 2.05) is 0 Å². The molecule has 3 N–H and O–H groups in total. The summed E-state index contributed by atoms with van der Waals surface area (Å²) in [5, 5.41) is 2.43. The molecule has 0 saturated heterocycles. The van der Waals surface area contributed by atoms with Gasteiger partial charge in [0.2, 0.25) is 0 Å². The minimum Gasteiger partial charge on any atom is -0.348 e. The van der Waals surface area contributed by atoms with Crippen molar-refractivity contribution in [2.45, 2.75) is 13.0 Å². The molecule has 0 spiro atoms. The topological polar surface area (TPSA) is 55.1 Å². The molecule has 1 rings (SSSR count). The Labute approximate surface area is 92.4 Å². The number of nitrogens with two attached hydrogens (primary N) is 1. The highest BCUT2D eigenvalue weighted by atomic mass is 35.5. The zero-order valence-electron chi connectivity index (χ0n) is 8.26. The lowest BCUT2D eigenvalue weighted by atomic mass is 10.2. The van der Waals surface area contributed by atoms with Crippen LogP contribution < -0.4 is 11.1 Å². The van der Waals surface area contributed by atoms with Gasteiger partial charge in [-0.05, 0) is 19.1 Å². The highest BCUT2D eigenvalue weighted by Gasteiger charge is 2.14.